The van der Waals surface area contributed by atoms with Gasteiger partial charge in [-0.15, -0.1) is 0 Å². The van der Waals surface area contributed by atoms with Gasteiger partial charge < -0.3 is 5.11 Å². The standard InChI is InChI=1S/C19H22N4O/c1-2-19(24)18-11-16-13-22(9-10-23(16)21-18)12-15-8-7-14-5-3-4-6-17(14)20-15/h3-8,11,19,24H,2,9-10,12-13H2,1H3. The summed E-state index contributed by atoms with van der Waals surface area (Å²) >= 11 is 0. The number of hydrogen-bond donors (Lipinski definition) is 1. The van der Waals surface area contributed by atoms with E-state index < -0.39 is 6.10 Å². The molecule has 0 fully saturated rings. The molecule has 0 aliphatic carbocycles. The van der Waals surface area contributed by atoms with E-state index in [1.165, 1.54) is 11.1 Å². The highest BCUT2D eigenvalue weighted by Gasteiger charge is 2.20. The average molecular weight is 322 g/mol. The first-order valence-corrected chi connectivity index (χ1v) is 8.54. The lowest BCUT2D eigenvalue weighted by Gasteiger charge is -2.27. The maximum absolute atomic E-state index is 9.98. The van der Waals surface area contributed by atoms with E-state index in [9.17, 15) is 5.11 Å². The summed E-state index contributed by atoms with van der Waals surface area (Å²) in [6.45, 7) is 5.46. The van der Waals surface area contributed by atoms with Gasteiger partial charge in [-0.05, 0) is 24.6 Å². The largest absolute Gasteiger partial charge is 0.387 e. The summed E-state index contributed by atoms with van der Waals surface area (Å²) in [7, 11) is 0. The first-order chi connectivity index (χ1) is 11.7. The zero-order valence-electron chi connectivity index (χ0n) is 13.9. The number of hydrogen-bond acceptors (Lipinski definition) is 4. The van der Waals surface area contributed by atoms with Gasteiger partial charge in [-0.3, -0.25) is 14.6 Å². The molecule has 5 nitrogen and oxygen atoms in total. The molecule has 1 aliphatic heterocycles. The van der Waals surface area contributed by atoms with Crippen molar-refractivity contribution < 1.29 is 5.11 Å². The van der Waals surface area contributed by atoms with Gasteiger partial charge in [0.2, 0.25) is 0 Å². The van der Waals surface area contributed by atoms with Gasteiger partial charge >= 0.3 is 0 Å². The second-order valence-corrected chi connectivity index (χ2v) is 6.41. The smallest absolute Gasteiger partial charge is 0.0975 e. The number of para-hydroxylation sites is 1. The van der Waals surface area contributed by atoms with Crippen molar-refractivity contribution in [3.8, 4) is 0 Å². The van der Waals surface area contributed by atoms with Crippen molar-refractivity contribution >= 4 is 10.9 Å². The van der Waals surface area contributed by atoms with Crippen LogP contribution in [-0.2, 0) is 19.6 Å². The molecule has 0 bridgehead atoms. The maximum atomic E-state index is 9.98. The van der Waals surface area contributed by atoms with E-state index in [2.05, 4.69) is 34.3 Å². The van der Waals surface area contributed by atoms with Crippen LogP contribution in [0.3, 0.4) is 0 Å². The van der Waals surface area contributed by atoms with Crippen LogP contribution < -0.4 is 0 Å². The van der Waals surface area contributed by atoms with Crippen LogP contribution in [0.4, 0.5) is 0 Å². The van der Waals surface area contributed by atoms with Crippen LogP contribution >= 0.6 is 0 Å². The molecule has 1 aromatic carbocycles. The fourth-order valence-electron chi connectivity index (χ4n) is 3.28. The highest BCUT2D eigenvalue weighted by molar-refractivity contribution is 5.78. The Balaban J connectivity index is 1.50. The lowest BCUT2D eigenvalue weighted by molar-refractivity contribution is 0.166. The van der Waals surface area contributed by atoms with Crippen molar-refractivity contribution in [3.05, 3.63) is 59.5 Å². The Morgan fingerprint density at radius 2 is 2.04 bits per heavy atom. The van der Waals surface area contributed by atoms with Crippen LogP contribution in [-0.4, -0.2) is 31.3 Å². The quantitative estimate of drug-likeness (QED) is 0.802. The Kier molecular flexibility index (Phi) is 4.04. The number of rotatable bonds is 4. The van der Waals surface area contributed by atoms with E-state index in [0.29, 0.717) is 6.42 Å². The van der Waals surface area contributed by atoms with E-state index in [-0.39, 0.29) is 0 Å². The Bertz CT molecular complexity index is 857. The van der Waals surface area contributed by atoms with Crippen molar-refractivity contribution in [1.29, 1.82) is 0 Å². The number of aliphatic hydroxyl groups excluding tert-OH is 1. The minimum absolute atomic E-state index is 0.460. The lowest BCUT2D eigenvalue weighted by atomic mass is 10.2. The van der Waals surface area contributed by atoms with Gasteiger partial charge in [0.25, 0.3) is 0 Å². The predicted octanol–water partition coefficient (Wildman–Crippen LogP) is 2.89. The molecule has 2 aromatic heterocycles. The fraction of sp³-hybridized carbons (Fsp3) is 0.368. The molecule has 0 amide bonds. The maximum Gasteiger partial charge on any atom is 0.0975 e. The van der Waals surface area contributed by atoms with Gasteiger partial charge in [-0.25, -0.2) is 0 Å². The van der Waals surface area contributed by atoms with E-state index >= 15 is 0 Å². The number of pyridine rings is 1. The number of nitrogens with zero attached hydrogens (tertiary/aromatic N) is 4. The molecule has 0 saturated carbocycles. The molecule has 5 heteroatoms. The van der Waals surface area contributed by atoms with Gasteiger partial charge in [-0.2, -0.15) is 5.10 Å². The first kappa shape index (κ1) is 15.3. The topological polar surface area (TPSA) is 54.2 Å². The third-order valence-electron chi connectivity index (χ3n) is 4.67. The normalized spacial score (nSPS) is 16.2. The minimum Gasteiger partial charge on any atom is -0.387 e. The minimum atomic E-state index is -0.460. The fourth-order valence-corrected chi connectivity index (χ4v) is 3.28. The molecule has 124 valence electrons. The highest BCUT2D eigenvalue weighted by atomic mass is 16.3. The molecule has 0 radical (unpaired) electrons. The monoisotopic (exact) mass is 322 g/mol. The Morgan fingerprint density at radius 1 is 1.17 bits per heavy atom. The summed E-state index contributed by atoms with van der Waals surface area (Å²) in [5, 5.41) is 15.7. The molecule has 3 heterocycles. The van der Waals surface area contributed by atoms with E-state index in [0.717, 1.165) is 43.1 Å². The molecule has 3 aromatic rings. The second-order valence-electron chi connectivity index (χ2n) is 6.41. The molecule has 4 rings (SSSR count). The number of fused-ring (bicyclic) bond motifs is 2. The van der Waals surface area contributed by atoms with Crippen LogP contribution in [0.15, 0.2) is 42.5 Å². The van der Waals surface area contributed by atoms with Crippen molar-refractivity contribution in [2.45, 2.75) is 39.1 Å². The second kappa shape index (κ2) is 6.34. The summed E-state index contributed by atoms with van der Waals surface area (Å²) in [4.78, 5) is 7.15. The third kappa shape index (κ3) is 2.92. The number of aliphatic hydroxyl groups is 1. The van der Waals surface area contributed by atoms with Gasteiger partial charge in [0, 0.05) is 25.0 Å². The summed E-state index contributed by atoms with van der Waals surface area (Å²) in [5.74, 6) is 0. The lowest BCUT2D eigenvalue weighted by Crippen LogP contribution is -2.33. The van der Waals surface area contributed by atoms with Crippen LogP contribution in [0.25, 0.3) is 10.9 Å². The Labute approximate surface area is 141 Å². The number of aromatic nitrogens is 3. The molecule has 0 saturated heterocycles. The molecule has 0 spiro atoms. The van der Waals surface area contributed by atoms with Crippen molar-refractivity contribution in [1.82, 2.24) is 19.7 Å². The Hall–Kier alpha value is -2.24. The predicted molar refractivity (Wildman–Crippen MR) is 93.3 cm³/mol. The summed E-state index contributed by atoms with van der Waals surface area (Å²) in [6.07, 6.45) is 0.236. The van der Waals surface area contributed by atoms with Crippen LogP contribution in [0.1, 0.15) is 36.5 Å². The zero-order chi connectivity index (χ0) is 16.5. The third-order valence-corrected chi connectivity index (χ3v) is 4.67. The SMILES string of the molecule is CCC(O)c1cc2n(n1)CCN(Cc1ccc3ccccc3n1)C2. The van der Waals surface area contributed by atoms with Gasteiger partial charge in [0.05, 0.1) is 35.2 Å². The summed E-state index contributed by atoms with van der Waals surface area (Å²) < 4.78 is 2.03. The van der Waals surface area contributed by atoms with Gasteiger partial charge in [-0.1, -0.05) is 31.2 Å². The molecular formula is C19H22N4O. The van der Waals surface area contributed by atoms with Gasteiger partial charge in [0.15, 0.2) is 0 Å². The van der Waals surface area contributed by atoms with E-state index in [1.54, 1.807) is 0 Å². The van der Waals surface area contributed by atoms with E-state index in [1.807, 2.05) is 29.8 Å². The molecule has 24 heavy (non-hydrogen) atoms. The van der Waals surface area contributed by atoms with Crippen LogP contribution in [0, 0.1) is 0 Å². The van der Waals surface area contributed by atoms with E-state index in [4.69, 9.17) is 4.98 Å². The summed E-state index contributed by atoms with van der Waals surface area (Å²) in [5.41, 5.74) is 4.10. The molecule has 1 atom stereocenters. The molecule has 1 N–H and O–H groups in total. The average Bonchev–Trinajstić information content (AvgIpc) is 3.04. The van der Waals surface area contributed by atoms with Crippen molar-refractivity contribution in [2.24, 2.45) is 0 Å². The van der Waals surface area contributed by atoms with Gasteiger partial charge in [0.1, 0.15) is 0 Å². The summed E-state index contributed by atoms with van der Waals surface area (Å²) in [6, 6.07) is 14.5. The van der Waals surface area contributed by atoms with Crippen molar-refractivity contribution in [3.63, 3.8) is 0 Å². The zero-order valence-corrected chi connectivity index (χ0v) is 13.9. The van der Waals surface area contributed by atoms with Crippen molar-refractivity contribution in [2.75, 3.05) is 6.54 Å². The van der Waals surface area contributed by atoms with Crippen LogP contribution in [0.2, 0.25) is 0 Å². The Morgan fingerprint density at radius 3 is 2.92 bits per heavy atom. The molecule has 1 unspecified atom stereocenters. The first-order valence-electron chi connectivity index (χ1n) is 8.54. The molecular weight excluding hydrogens is 300 g/mol. The van der Waals surface area contributed by atoms with Crippen LogP contribution in [0.5, 0.6) is 0 Å². The number of benzene rings is 1. The molecule has 1 aliphatic rings. The highest BCUT2D eigenvalue weighted by Crippen LogP contribution is 2.21.